The van der Waals surface area contributed by atoms with E-state index in [9.17, 15) is 24.5 Å². The van der Waals surface area contributed by atoms with Crippen molar-refractivity contribution in [3.05, 3.63) is 29.3 Å². The van der Waals surface area contributed by atoms with E-state index in [1.54, 1.807) is 12.1 Å². The molecule has 6 N–H and O–H groups in total. The van der Waals surface area contributed by atoms with Crippen LogP contribution in [0.5, 0.6) is 5.75 Å². The number of carbonyl (C=O) groups is 3. The van der Waals surface area contributed by atoms with E-state index in [-0.39, 0.29) is 34.6 Å². The summed E-state index contributed by atoms with van der Waals surface area (Å²) >= 11 is 0. The molecule has 2 aliphatic rings. The maximum absolute atomic E-state index is 12.7. The molecule has 1 heterocycles. The summed E-state index contributed by atoms with van der Waals surface area (Å²) in [6.07, 6.45) is 4.66. The molecule has 1 aliphatic heterocycles. The van der Waals surface area contributed by atoms with E-state index < -0.39 is 19.0 Å². The molecule has 0 aromatic heterocycles. The minimum Gasteiger partial charge on any atom is -0.534 e. The molecular weight excluding hydrogens is 487 g/mol. The van der Waals surface area contributed by atoms with Gasteiger partial charge < -0.3 is 36.1 Å². The van der Waals surface area contributed by atoms with Gasteiger partial charge in [-0.1, -0.05) is 32.9 Å². The maximum atomic E-state index is 12.7. The van der Waals surface area contributed by atoms with Gasteiger partial charge in [0, 0.05) is 43.6 Å². The number of carboxylic acids is 1. The Labute approximate surface area is 225 Å². The van der Waals surface area contributed by atoms with E-state index in [1.807, 2.05) is 27.7 Å². The van der Waals surface area contributed by atoms with Gasteiger partial charge >= 0.3 is 13.1 Å². The second-order valence-electron chi connectivity index (χ2n) is 11.7. The highest BCUT2D eigenvalue weighted by Crippen LogP contribution is 2.31. The molecule has 1 saturated carbocycles. The molecular formula is C27H43BN4O6. The number of aromatic carboxylic acids is 1. The van der Waals surface area contributed by atoms with Crippen molar-refractivity contribution in [2.75, 3.05) is 19.6 Å². The highest BCUT2D eigenvalue weighted by molar-refractivity contribution is 6.47. The molecule has 210 valence electrons. The second-order valence-corrected chi connectivity index (χ2v) is 11.7. The monoisotopic (exact) mass is 530 g/mol. The topological polar surface area (TPSA) is 149 Å². The number of nitrogens with one attached hydrogen (secondary N) is 4. The lowest BCUT2D eigenvalue weighted by Crippen LogP contribution is -2.53. The predicted molar refractivity (Wildman–Crippen MR) is 146 cm³/mol. The summed E-state index contributed by atoms with van der Waals surface area (Å²) < 4.78 is 5.47. The van der Waals surface area contributed by atoms with Crippen LogP contribution in [0.1, 0.15) is 75.7 Å². The smallest absolute Gasteiger partial charge is 0.534 e. The number of para-hydroxylation sites is 1. The number of benzene rings is 1. The molecule has 2 amide bonds. The molecule has 0 unspecified atom stereocenters. The minimum atomic E-state index is -1.29. The lowest BCUT2D eigenvalue weighted by atomic mass is 9.72. The molecule has 0 saturated heterocycles. The van der Waals surface area contributed by atoms with Crippen molar-refractivity contribution in [1.82, 2.24) is 21.3 Å². The van der Waals surface area contributed by atoms with Crippen LogP contribution < -0.4 is 25.9 Å². The SMILES string of the molecule is C[C@@H](CNCCNC1CCC(CC(=O)N[C@H]2Cc3cccc(C(=O)O)c3OB2O)CC1)NC(=O)C(C)(C)C. The third-order valence-electron chi connectivity index (χ3n) is 7.26. The van der Waals surface area contributed by atoms with Crippen molar-refractivity contribution in [2.45, 2.75) is 84.2 Å². The van der Waals surface area contributed by atoms with Gasteiger partial charge in [0.05, 0.1) is 11.5 Å². The average Bonchev–Trinajstić information content (AvgIpc) is 2.84. The van der Waals surface area contributed by atoms with Crippen LogP contribution >= 0.6 is 0 Å². The van der Waals surface area contributed by atoms with E-state index in [1.165, 1.54) is 6.07 Å². The summed E-state index contributed by atoms with van der Waals surface area (Å²) in [5, 5.41) is 32.6. The largest absolute Gasteiger partial charge is 0.547 e. The highest BCUT2D eigenvalue weighted by Gasteiger charge is 2.38. The Balaban J connectivity index is 1.31. The van der Waals surface area contributed by atoms with E-state index >= 15 is 0 Å². The average molecular weight is 530 g/mol. The fraction of sp³-hybridized carbons (Fsp3) is 0.667. The molecule has 11 heteroatoms. The zero-order valence-electron chi connectivity index (χ0n) is 23.0. The number of hydrogen-bond donors (Lipinski definition) is 6. The van der Waals surface area contributed by atoms with E-state index in [0.717, 1.165) is 45.3 Å². The molecule has 0 bridgehead atoms. The Morgan fingerprint density at radius 2 is 1.84 bits per heavy atom. The molecule has 1 aromatic rings. The lowest BCUT2D eigenvalue weighted by Gasteiger charge is -2.31. The summed E-state index contributed by atoms with van der Waals surface area (Å²) in [5.41, 5.74) is 0.276. The molecule has 1 aromatic carbocycles. The van der Waals surface area contributed by atoms with Gasteiger partial charge in [-0.05, 0) is 56.6 Å². The number of carboxylic acid groups (broad SMARTS) is 1. The molecule has 1 aliphatic carbocycles. The Bertz CT molecular complexity index is 977. The van der Waals surface area contributed by atoms with Gasteiger partial charge in [0.15, 0.2) is 0 Å². The predicted octanol–water partition coefficient (Wildman–Crippen LogP) is 1.50. The van der Waals surface area contributed by atoms with Crippen molar-refractivity contribution in [3.8, 4) is 5.75 Å². The van der Waals surface area contributed by atoms with Gasteiger partial charge in [-0.3, -0.25) is 9.59 Å². The normalized spacial score (nSPS) is 22.1. The Kier molecular flexibility index (Phi) is 10.6. The summed E-state index contributed by atoms with van der Waals surface area (Å²) in [5.74, 6) is -1.34. The van der Waals surface area contributed by atoms with Gasteiger partial charge in [0.2, 0.25) is 11.8 Å². The zero-order valence-corrected chi connectivity index (χ0v) is 23.0. The van der Waals surface area contributed by atoms with E-state index in [0.29, 0.717) is 30.4 Å². The standard InChI is InChI=1S/C27H43BN4O6/c1-17(31-26(36)27(2,3)4)16-29-12-13-30-20-10-8-18(9-11-20)14-23(33)32-22-15-19-6-5-7-21(25(34)35)24(19)38-28(22)37/h5-7,17-18,20,22,29-30,37H,8-16H2,1-4H3,(H,31,36)(H,32,33)(H,34,35)/t17-,18?,20?,22-/m0/s1. The van der Waals surface area contributed by atoms with Crippen molar-refractivity contribution in [2.24, 2.45) is 11.3 Å². The van der Waals surface area contributed by atoms with Crippen LogP contribution in [0, 0.1) is 11.3 Å². The van der Waals surface area contributed by atoms with Crippen LogP contribution in [0.2, 0.25) is 0 Å². The first-order chi connectivity index (χ1) is 17.9. The molecule has 3 rings (SSSR count). The summed E-state index contributed by atoms with van der Waals surface area (Å²) in [6, 6.07) is 5.33. The van der Waals surface area contributed by atoms with Gasteiger partial charge in [-0.2, -0.15) is 0 Å². The third kappa shape index (κ3) is 8.71. The first-order valence-electron chi connectivity index (χ1n) is 13.7. The van der Waals surface area contributed by atoms with Crippen LogP contribution in [0.25, 0.3) is 0 Å². The van der Waals surface area contributed by atoms with Crippen molar-refractivity contribution >= 4 is 24.9 Å². The third-order valence-corrected chi connectivity index (χ3v) is 7.26. The number of rotatable bonds is 11. The Morgan fingerprint density at radius 3 is 2.50 bits per heavy atom. The fourth-order valence-corrected chi connectivity index (χ4v) is 4.99. The first kappa shape index (κ1) is 29.9. The molecule has 10 nitrogen and oxygen atoms in total. The summed E-state index contributed by atoms with van der Waals surface area (Å²) in [7, 11) is -1.29. The zero-order chi connectivity index (χ0) is 27.9. The van der Waals surface area contributed by atoms with Crippen LogP contribution in [-0.4, -0.2) is 72.7 Å². The minimum absolute atomic E-state index is 0.00614. The summed E-state index contributed by atoms with van der Waals surface area (Å²) in [4.78, 5) is 36.1. The quantitative estimate of drug-likeness (QED) is 0.186. The van der Waals surface area contributed by atoms with Crippen molar-refractivity contribution < 1.29 is 29.2 Å². The number of hydrogen-bond acceptors (Lipinski definition) is 7. The lowest BCUT2D eigenvalue weighted by molar-refractivity contribution is -0.129. The Morgan fingerprint density at radius 1 is 1.13 bits per heavy atom. The van der Waals surface area contributed by atoms with Gasteiger partial charge in [-0.25, -0.2) is 4.79 Å². The number of amides is 2. The van der Waals surface area contributed by atoms with Crippen LogP contribution in [0.4, 0.5) is 0 Å². The van der Waals surface area contributed by atoms with E-state index in [2.05, 4.69) is 21.3 Å². The molecule has 1 fully saturated rings. The molecule has 0 spiro atoms. The van der Waals surface area contributed by atoms with Gasteiger partial charge in [-0.15, -0.1) is 0 Å². The first-order valence-corrected chi connectivity index (χ1v) is 13.7. The second kappa shape index (κ2) is 13.4. The highest BCUT2D eigenvalue weighted by atomic mass is 16.5. The Hall–Kier alpha value is -2.63. The molecule has 38 heavy (non-hydrogen) atoms. The summed E-state index contributed by atoms with van der Waals surface area (Å²) in [6.45, 7) is 10.1. The number of fused-ring (bicyclic) bond motifs is 1. The molecule has 2 atom stereocenters. The van der Waals surface area contributed by atoms with Crippen LogP contribution in [0.15, 0.2) is 18.2 Å². The van der Waals surface area contributed by atoms with Crippen molar-refractivity contribution in [3.63, 3.8) is 0 Å². The van der Waals surface area contributed by atoms with Gasteiger partial charge in [0.25, 0.3) is 0 Å². The van der Waals surface area contributed by atoms with E-state index in [4.69, 9.17) is 4.65 Å². The van der Waals surface area contributed by atoms with Gasteiger partial charge in [0.1, 0.15) is 5.75 Å². The molecule has 0 radical (unpaired) electrons. The van der Waals surface area contributed by atoms with Crippen LogP contribution in [0.3, 0.4) is 0 Å². The fourth-order valence-electron chi connectivity index (χ4n) is 4.99. The maximum Gasteiger partial charge on any atom is 0.547 e. The number of carbonyl (C=O) groups excluding carboxylic acids is 2. The van der Waals surface area contributed by atoms with Crippen LogP contribution in [-0.2, 0) is 16.0 Å². The van der Waals surface area contributed by atoms with Crippen molar-refractivity contribution in [1.29, 1.82) is 0 Å².